The summed E-state index contributed by atoms with van der Waals surface area (Å²) in [4.78, 5) is 20.0. The zero-order valence-corrected chi connectivity index (χ0v) is 13.3. The summed E-state index contributed by atoms with van der Waals surface area (Å²) < 4.78 is 40.0. The van der Waals surface area contributed by atoms with E-state index in [1.165, 1.54) is 18.5 Å². The summed E-state index contributed by atoms with van der Waals surface area (Å²) in [6.45, 7) is 0.302. The standard InChI is InChI=1S/C18H13F3N4O/c19-14-1-2-15(17(21)16(14)20)25-13-7-12(9-23-10-13)18(26)24-8-11-3-5-22-6-4-11/h1-7,9-10,25H,8H2,(H,24,26). The van der Waals surface area contributed by atoms with Crippen LogP contribution < -0.4 is 10.6 Å². The van der Waals surface area contributed by atoms with E-state index in [1.807, 2.05) is 0 Å². The summed E-state index contributed by atoms with van der Waals surface area (Å²) in [7, 11) is 0. The van der Waals surface area contributed by atoms with Gasteiger partial charge in [-0.25, -0.2) is 13.2 Å². The largest absolute Gasteiger partial charge is 0.352 e. The van der Waals surface area contributed by atoms with Crippen molar-refractivity contribution in [2.45, 2.75) is 6.54 Å². The zero-order valence-electron chi connectivity index (χ0n) is 13.3. The molecule has 0 aliphatic heterocycles. The summed E-state index contributed by atoms with van der Waals surface area (Å²) >= 11 is 0. The number of halogens is 3. The zero-order chi connectivity index (χ0) is 18.5. The molecule has 2 N–H and O–H groups in total. The average Bonchev–Trinajstić information content (AvgIpc) is 2.67. The van der Waals surface area contributed by atoms with Gasteiger partial charge in [0.25, 0.3) is 5.91 Å². The Morgan fingerprint density at radius 2 is 1.73 bits per heavy atom. The van der Waals surface area contributed by atoms with Crippen molar-refractivity contribution in [3.05, 3.63) is 83.7 Å². The van der Waals surface area contributed by atoms with Crippen molar-refractivity contribution in [3.63, 3.8) is 0 Å². The Labute approximate surface area is 146 Å². The lowest BCUT2D eigenvalue weighted by molar-refractivity contribution is 0.0950. The van der Waals surface area contributed by atoms with Gasteiger partial charge in [0.1, 0.15) is 0 Å². The molecule has 132 valence electrons. The van der Waals surface area contributed by atoms with Gasteiger partial charge in [-0.2, -0.15) is 0 Å². The van der Waals surface area contributed by atoms with Gasteiger partial charge in [-0.05, 0) is 35.9 Å². The topological polar surface area (TPSA) is 66.9 Å². The summed E-state index contributed by atoms with van der Waals surface area (Å²) in [6.07, 6.45) is 5.91. The number of amides is 1. The average molecular weight is 358 g/mol. The minimum Gasteiger partial charge on any atom is -0.352 e. The minimum atomic E-state index is -1.57. The molecule has 0 bridgehead atoms. The van der Waals surface area contributed by atoms with Crippen LogP contribution in [0, 0.1) is 17.5 Å². The van der Waals surface area contributed by atoms with Gasteiger partial charge in [-0.1, -0.05) is 0 Å². The quantitative estimate of drug-likeness (QED) is 0.685. The molecule has 0 fully saturated rings. The molecule has 0 atom stereocenters. The van der Waals surface area contributed by atoms with E-state index in [1.54, 1.807) is 24.5 Å². The van der Waals surface area contributed by atoms with Gasteiger partial charge in [-0.3, -0.25) is 14.8 Å². The maximum atomic E-state index is 13.7. The number of carbonyl (C=O) groups is 1. The molecular weight excluding hydrogens is 345 g/mol. The third kappa shape index (κ3) is 3.97. The molecule has 2 heterocycles. The van der Waals surface area contributed by atoms with Crippen molar-refractivity contribution in [1.82, 2.24) is 15.3 Å². The van der Waals surface area contributed by atoms with Crippen molar-refractivity contribution >= 4 is 17.3 Å². The molecule has 0 unspecified atom stereocenters. The number of nitrogens with zero attached hydrogens (tertiary/aromatic N) is 2. The molecule has 3 rings (SSSR count). The number of benzene rings is 1. The van der Waals surface area contributed by atoms with E-state index >= 15 is 0 Å². The van der Waals surface area contributed by atoms with Crippen molar-refractivity contribution in [2.75, 3.05) is 5.32 Å². The number of rotatable bonds is 5. The highest BCUT2D eigenvalue weighted by Gasteiger charge is 2.14. The van der Waals surface area contributed by atoms with Gasteiger partial charge in [0, 0.05) is 25.1 Å². The molecule has 26 heavy (non-hydrogen) atoms. The maximum absolute atomic E-state index is 13.7. The van der Waals surface area contributed by atoms with E-state index in [0.29, 0.717) is 6.54 Å². The number of carbonyl (C=O) groups excluding carboxylic acids is 1. The van der Waals surface area contributed by atoms with Crippen LogP contribution in [0.15, 0.2) is 55.1 Å². The fraction of sp³-hybridized carbons (Fsp3) is 0.0556. The first-order valence-electron chi connectivity index (χ1n) is 7.57. The Hall–Kier alpha value is -3.42. The highest BCUT2D eigenvalue weighted by Crippen LogP contribution is 2.23. The van der Waals surface area contributed by atoms with Gasteiger partial charge in [0.15, 0.2) is 17.5 Å². The number of aromatic nitrogens is 2. The highest BCUT2D eigenvalue weighted by molar-refractivity contribution is 5.94. The second-order valence-corrected chi connectivity index (χ2v) is 5.35. The molecule has 0 aliphatic carbocycles. The van der Waals surface area contributed by atoms with Crippen LogP contribution in [-0.4, -0.2) is 15.9 Å². The monoisotopic (exact) mass is 358 g/mol. The Morgan fingerprint density at radius 3 is 2.50 bits per heavy atom. The molecule has 1 amide bonds. The second-order valence-electron chi connectivity index (χ2n) is 5.35. The predicted octanol–water partition coefficient (Wildman–Crippen LogP) is 3.57. The van der Waals surface area contributed by atoms with Gasteiger partial charge < -0.3 is 10.6 Å². The number of pyridine rings is 2. The van der Waals surface area contributed by atoms with Crippen molar-refractivity contribution in [3.8, 4) is 0 Å². The Balaban J connectivity index is 1.72. The Bertz CT molecular complexity index is 935. The SMILES string of the molecule is O=C(NCc1ccncc1)c1cncc(Nc2ccc(F)c(F)c2F)c1. The second kappa shape index (κ2) is 7.64. The fourth-order valence-corrected chi connectivity index (χ4v) is 2.20. The lowest BCUT2D eigenvalue weighted by Gasteiger charge is -2.10. The molecule has 3 aromatic rings. The van der Waals surface area contributed by atoms with E-state index in [2.05, 4.69) is 20.6 Å². The van der Waals surface area contributed by atoms with Gasteiger partial charge in [0.2, 0.25) is 0 Å². The molecule has 0 radical (unpaired) electrons. The van der Waals surface area contributed by atoms with Crippen LogP contribution in [0.4, 0.5) is 24.5 Å². The first-order valence-corrected chi connectivity index (χ1v) is 7.57. The number of hydrogen-bond donors (Lipinski definition) is 2. The van der Waals surface area contributed by atoms with Crippen LogP contribution in [0.1, 0.15) is 15.9 Å². The summed E-state index contributed by atoms with van der Waals surface area (Å²) in [5.41, 5.74) is 1.10. The molecule has 2 aromatic heterocycles. The molecule has 5 nitrogen and oxygen atoms in total. The molecule has 0 saturated carbocycles. The molecule has 8 heteroatoms. The lowest BCUT2D eigenvalue weighted by atomic mass is 10.2. The van der Waals surface area contributed by atoms with Crippen molar-refractivity contribution in [1.29, 1.82) is 0 Å². The van der Waals surface area contributed by atoms with Crippen molar-refractivity contribution < 1.29 is 18.0 Å². The Morgan fingerprint density at radius 1 is 0.962 bits per heavy atom. The molecule has 0 aliphatic rings. The van der Waals surface area contributed by atoms with Crippen LogP contribution >= 0.6 is 0 Å². The molecule has 1 aromatic carbocycles. The molecule has 0 saturated heterocycles. The van der Waals surface area contributed by atoms with Gasteiger partial charge in [-0.15, -0.1) is 0 Å². The maximum Gasteiger partial charge on any atom is 0.253 e. The number of nitrogens with one attached hydrogen (secondary N) is 2. The number of hydrogen-bond acceptors (Lipinski definition) is 4. The van der Waals surface area contributed by atoms with Crippen LogP contribution in [0.3, 0.4) is 0 Å². The summed E-state index contributed by atoms with van der Waals surface area (Å²) in [5.74, 6) is -4.59. The summed E-state index contributed by atoms with van der Waals surface area (Å²) in [5, 5.41) is 5.29. The van der Waals surface area contributed by atoms with E-state index in [4.69, 9.17) is 0 Å². The van der Waals surface area contributed by atoms with Crippen LogP contribution in [0.2, 0.25) is 0 Å². The fourth-order valence-electron chi connectivity index (χ4n) is 2.20. The van der Waals surface area contributed by atoms with Crippen LogP contribution in [-0.2, 0) is 6.54 Å². The normalized spacial score (nSPS) is 10.4. The number of anilines is 2. The van der Waals surface area contributed by atoms with E-state index < -0.39 is 17.5 Å². The Kier molecular flexibility index (Phi) is 5.12. The molecule has 0 spiro atoms. The van der Waals surface area contributed by atoms with Crippen molar-refractivity contribution in [2.24, 2.45) is 0 Å². The van der Waals surface area contributed by atoms with Gasteiger partial charge >= 0.3 is 0 Å². The third-order valence-corrected chi connectivity index (χ3v) is 3.52. The van der Waals surface area contributed by atoms with E-state index in [-0.39, 0.29) is 22.8 Å². The molecular formula is C18H13F3N4O. The van der Waals surface area contributed by atoms with Crippen LogP contribution in [0.25, 0.3) is 0 Å². The van der Waals surface area contributed by atoms with Gasteiger partial charge in [0.05, 0.1) is 23.1 Å². The first kappa shape index (κ1) is 17.4. The smallest absolute Gasteiger partial charge is 0.253 e. The van der Waals surface area contributed by atoms with Crippen LogP contribution in [0.5, 0.6) is 0 Å². The van der Waals surface area contributed by atoms with E-state index in [9.17, 15) is 18.0 Å². The lowest BCUT2D eigenvalue weighted by Crippen LogP contribution is -2.23. The first-order chi connectivity index (χ1) is 12.5. The summed E-state index contributed by atoms with van der Waals surface area (Å²) in [6, 6.07) is 6.82. The minimum absolute atomic E-state index is 0.229. The third-order valence-electron chi connectivity index (χ3n) is 3.52. The predicted molar refractivity (Wildman–Crippen MR) is 89.2 cm³/mol. The van der Waals surface area contributed by atoms with E-state index in [0.717, 1.165) is 17.7 Å². The highest BCUT2D eigenvalue weighted by atomic mass is 19.2.